The van der Waals surface area contributed by atoms with Gasteiger partial charge in [0.25, 0.3) is 0 Å². The third kappa shape index (κ3) is 4.25. The SMILES string of the molecule is ClC1=CC=CCCCC1.[Rh]. The van der Waals surface area contributed by atoms with Crippen molar-refractivity contribution in [3.63, 3.8) is 0 Å². The first-order valence-electron chi connectivity index (χ1n) is 3.41. The van der Waals surface area contributed by atoms with Gasteiger partial charge in [0.1, 0.15) is 0 Å². The number of hydrogen-bond donors (Lipinski definition) is 0. The Morgan fingerprint density at radius 2 is 2.10 bits per heavy atom. The summed E-state index contributed by atoms with van der Waals surface area (Å²) in [5.41, 5.74) is 0. The molecule has 0 fully saturated rings. The second kappa shape index (κ2) is 6.13. The molecule has 0 aromatic rings. The van der Waals surface area contributed by atoms with E-state index in [1.807, 2.05) is 12.2 Å². The molecule has 1 aliphatic carbocycles. The fourth-order valence-corrected chi connectivity index (χ4v) is 1.11. The molecule has 59 valence electrons. The van der Waals surface area contributed by atoms with E-state index in [0.717, 1.165) is 11.5 Å². The summed E-state index contributed by atoms with van der Waals surface area (Å²) in [6.45, 7) is 0. The van der Waals surface area contributed by atoms with E-state index in [0.29, 0.717) is 0 Å². The van der Waals surface area contributed by atoms with Gasteiger partial charge in [-0.2, -0.15) is 0 Å². The van der Waals surface area contributed by atoms with E-state index in [9.17, 15) is 0 Å². The van der Waals surface area contributed by atoms with E-state index in [2.05, 4.69) is 6.08 Å². The number of hydrogen-bond acceptors (Lipinski definition) is 0. The van der Waals surface area contributed by atoms with E-state index in [4.69, 9.17) is 11.6 Å². The quantitative estimate of drug-likeness (QED) is 0.575. The van der Waals surface area contributed by atoms with Crippen LogP contribution in [0.25, 0.3) is 0 Å². The van der Waals surface area contributed by atoms with Crippen molar-refractivity contribution in [3.8, 4) is 0 Å². The Morgan fingerprint density at radius 3 is 2.90 bits per heavy atom. The normalized spacial score (nSPS) is 18.3. The maximum atomic E-state index is 5.80. The summed E-state index contributed by atoms with van der Waals surface area (Å²) >= 11 is 5.80. The molecule has 1 radical (unpaired) electrons. The summed E-state index contributed by atoms with van der Waals surface area (Å²) in [6, 6.07) is 0. The van der Waals surface area contributed by atoms with E-state index in [1.54, 1.807) is 0 Å². The van der Waals surface area contributed by atoms with Crippen LogP contribution in [-0.4, -0.2) is 0 Å². The van der Waals surface area contributed by atoms with Crippen LogP contribution in [0.15, 0.2) is 23.3 Å². The smallest absolute Gasteiger partial charge is 0.0180 e. The second-order valence-corrected chi connectivity index (χ2v) is 2.77. The van der Waals surface area contributed by atoms with E-state index in [1.165, 1.54) is 19.3 Å². The van der Waals surface area contributed by atoms with Crippen LogP contribution in [0.4, 0.5) is 0 Å². The topological polar surface area (TPSA) is 0 Å². The molecule has 0 atom stereocenters. The van der Waals surface area contributed by atoms with Gasteiger partial charge in [0.15, 0.2) is 0 Å². The molecule has 0 aromatic heterocycles. The Kier molecular flexibility index (Phi) is 6.37. The molecule has 0 amide bonds. The van der Waals surface area contributed by atoms with Gasteiger partial charge in [-0.05, 0) is 31.8 Å². The van der Waals surface area contributed by atoms with Crippen LogP contribution >= 0.6 is 11.6 Å². The Hall–Kier alpha value is 0.393. The molecule has 1 rings (SSSR count). The monoisotopic (exact) mass is 245 g/mol. The summed E-state index contributed by atoms with van der Waals surface area (Å²) in [7, 11) is 0. The summed E-state index contributed by atoms with van der Waals surface area (Å²) in [6.07, 6.45) is 11.0. The molecule has 1 aliphatic rings. The van der Waals surface area contributed by atoms with Crippen molar-refractivity contribution in [3.05, 3.63) is 23.3 Å². The van der Waals surface area contributed by atoms with E-state index in [-0.39, 0.29) is 19.5 Å². The Morgan fingerprint density at radius 1 is 1.30 bits per heavy atom. The maximum absolute atomic E-state index is 5.80. The second-order valence-electron chi connectivity index (χ2n) is 2.29. The molecule has 0 heterocycles. The average molecular weight is 246 g/mol. The fraction of sp³-hybridized carbons (Fsp3) is 0.500. The number of rotatable bonds is 0. The molecule has 0 N–H and O–H groups in total. The summed E-state index contributed by atoms with van der Waals surface area (Å²) in [4.78, 5) is 0. The zero-order valence-corrected chi connectivity index (χ0v) is 8.17. The Balaban J connectivity index is 0.000000810. The van der Waals surface area contributed by atoms with Crippen LogP contribution in [0.5, 0.6) is 0 Å². The van der Waals surface area contributed by atoms with Crippen LogP contribution < -0.4 is 0 Å². The largest absolute Gasteiger partial charge is 0.0892 e. The van der Waals surface area contributed by atoms with Crippen LogP contribution in [0.2, 0.25) is 0 Å². The standard InChI is InChI=1S/C8H11Cl.Rh/c9-8-6-4-2-1-3-5-7-8;/h2,4,6H,1,3,5,7H2;. The summed E-state index contributed by atoms with van der Waals surface area (Å²) in [5.74, 6) is 0. The van der Waals surface area contributed by atoms with Crippen molar-refractivity contribution < 1.29 is 19.5 Å². The van der Waals surface area contributed by atoms with E-state index >= 15 is 0 Å². The van der Waals surface area contributed by atoms with Gasteiger partial charge in [-0.1, -0.05) is 23.8 Å². The predicted octanol–water partition coefficient (Wildman–Crippen LogP) is 3.24. The maximum Gasteiger partial charge on any atom is 0.0180 e. The molecule has 0 spiro atoms. The molecule has 0 aliphatic heterocycles. The first kappa shape index (κ1) is 10.4. The van der Waals surface area contributed by atoms with Gasteiger partial charge in [-0.25, -0.2) is 0 Å². The molecule has 0 nitrogen and oxygen atoms in total. The first-order valence-corrected chi connectivity index (χ1v) is 3.78. The minimum atomic E-state index is 0. The van der Waals surface area contributed by atoms with Gasteiger partial charge in [0.05, 0.1) is 0 Å². The molecular formula is C8H11ClRh. The van der Waals surface area contributed by atoms with Gasteiger partial charge < -0.3 is 0 Å². The van der Waals surface area contributed by atoms with Crippen molar-refractivity contribution in [2.24, 2.45) is 0 Å². The molecule has 10 heavy (non-hydrogen) atoms. The van der Waals surface area contributed by atoms with E-state index < -0.39 is 0 Å². The zero-order chi connectivity index (χ0) is 6.53. The molecule has 2 heteroatoms. The third-order valence-corrected chi connectivity index (χ3v) is 1.76. The average Bonchev–Trinajstić information content (AvgIpc) is 1.79. The molecule has 0 saturated carbocycles. The predicted molar refractivity (Wildman–Crippen MR) is 41.5 cm³/mol. The minimum Gasteiger partial charge on any atom is -0.0892 e. The van der Waals surface area contributed by atoms with Gasteiger partial charge in [-0.15, -0.1) is 0 Å². The van der Waals surface area contributed by atoms with Crippen molar-refractivity contribution >= 4 is 11.6 Å². The summed E-state index contributed by atoms with van der Waals surface area (Å²) < 4.78 is 0. The number of allylic oxidation sites excluding steroid dienone is 4. The van der Waals surface area contributed by atoms with Crippen LogP contribution in [0.3, 0.4) is 0 Å². The van der Waals surface area contributed by atoms with Crippen molar-refractivity contribution in [1.29, 1.82) is 0 Å². The molecule has 0 saturated heterocycles. The third-order valence-electron chi connectivity index (χ3n) is 1.45. The van der Waals surface area contributed by atoms with Gasteiger partial charge in [0, 0.05) is 24.5 Å². The molecular weight excluding hydrogens is 234 g/mol. The number of halogens is 1. The summed E-state index contributed by atoms with van der Waals surface area (Å²) in [5, 5.41) is 0.992. The minimum absolute atomic E-state index is 0. The molecule has 0 unspecified atom stereocenters. The molecule has 0 aromatic carbocycles. The Bertz CT molecular complexity index is 138. The van der Waals surface area contributed by atoms with Crippen LogP contribution in [0, 0.1) is 0 Å². The Labute approximate surface area is 80.1 Å². The molecule has 0 bridgehead atoms. The van der Waals surface area contributed by atoms with Crippen molar-refractivity contribution in [1.82, 2.24) is 0 Å². The fourth-order valence-electron chi connectivity index (χ4n) is 0.908. The first-order chi connectivity index (χ1) is 4.39. The van der Waals surface area contributed by atoms with Gasteiger partial charge in [-0.3, -0.25) is 0 Å². The van der Waals surface area contributed by atoms with Gasteiger partial charge in [0.2, 0.25) is 0 Å². The van der Waals surface area contributed by atoms with Crippen molar-refractivity contribution in [2.45, 2.75) is 25.7 Å². The van der Waals surface area contributed by atoms with Gasteiger partial charge >= 0.3 is 0 Å². The van der Waals surface area contributed by atoms with Crippen LogP contribution in [0.1, 0.15) is 25.7 Å². The van der Waals surface area contributed by atoms with Crippen molar-refractivity contribution in [2.75, 3.05) is 0 Å². The zero-order valence-electron chi connectivity index (χ0n) is 5.77. The van der Waals surface area contributed by atoms with Crippen LogP contribution in [-0.2, 0) is 19.5 Å².